The van der Waals surface area contributed by atoms with Crippen LogP contribution in [0.1, 0.15) is 63.4 Å². The number of hydrogen-bond donors (Lipinski definition) is 1. The van der Waals surface area contributed by atoms with Crippen molar-refractivity contribution in [3.8, 4) is 0 Å². The number of rotatable bonds is 4. The van der Waals surface area contributed by atoms with Gasteiger partial charge in [0.05, 0.1) is 6.20 Å². The first-order chi connectivity index (χ1) is 12.2. The van der Waals surface area contributed by atoms with E-state index in [2.05, 4.69) is 26.5 Å². The van der Waals surface area contributed by atoms with Crippen LogP contribution < -0.4 is 5.32 Å². The molecule has 1 aliphatic carbocycles. The standard InChI is InChI=1S/C20H35N5/c1-21-19(22-13-7-9-18-15-23-24(2)16-18)25-14-8-12-20(17-25)10-5-3-4-6-11-20/h15-16H,3-14,17H2,1-2H3,(H,21,22). The van der Waals surface area contributed by atoms with Gasteiger partial charge in [-0.2, -0.15) is 5.10 Å². The SMILES string of the molecule is CN=C(NCCCc1cnn(C)c1)N1CCCC2(CCCCCC2)C1. The molecule has 1 N–H and O–H groups in total. The second kappa shape index (κ2) is 8.72. The van der Waals surface area contributed by atoms with Crippen LogP contribution >= 0.6 is 0 Å². The van der Waals surface area contributed by atoms with E-state index in [1.807, 2.05) is 25.0 Å². The molecule has 0 unspecified atom stereocenters. The van der Waals surface area contributed by atoms with Gasteiger partial charge in [0.25, 0.3) is 0 Å². The van der Waals surface area contributed by atoms with E-state index in [1.165, 1.54) is 63.5 Å². The summed E-state index contributed by atoms with van der Waals surface area (Å²) in [5.41, 5.74) is 1.87. The number of nitrogens with zero attached hydrogens (tertiary/aromatic N) is 4. The molecule has 0 bridgehead atoms. The highest BCUT2D eigenvalue weighted by Crippen LogP contribution is 2.42. The van der Waals surface area contributed by atoms with E-state index in [9.17, 15) is 0 Å². The molecule has 0 radical (unpaired) electrons. The lowest BCUT2D eigenvalue weighted by atomic mass is 9.74. The van der Waals surface area contributed by atoms with Gasteiger partial charge in [-0.3, -0.25) is 9.67 Å². The third kappa shape index (κ3) is 4.99. The Hall–Kier alpha value is -1.52. The second-order valence-corrected chi connectivity index (χ2v) is 8.04. The zero-order chi connectivity index (χ0) is 17.5. The van der Waals surface area contributed by atoms with E-state index in [0.29, 0.717) is 5.41 Å². The summed E-state index contributed by atoms with van der Waals surface area (Å²) in [6.45, 7) is 3.34. The zero-order valence-corrected chi connectivity index (χ0v) is 16.1. The summed E-state index contributed by atoms with van der Waals surface area (Å²) < 4.78 is 1.88. The minimum Gasteiger partial charge on any atom is -0.356 e. The molecular formula is C20H35N5. The Labute approximate surface area is 152 Å². The van der Waals surface area contributed by atoms with Crippen molar-refractivity contribution < 1.29 is 0 Å². The Kier molecular flexibility index (Phi) is 6.38. The second-order valence-electron chi connectivity index (χ2n) is 8.04. The van der Waals surface area contributed by atoms with Crippen LogP contribution in [0.25, 0.3) is 0 Å². The Morgan fingerprint density at radius 3 is 2.64 bits per heavy atom. The molecular weight excluding hydrogens is 310 g/mol. The fourth-order valence-electron chi connectivity index (χ4n) is 4.70. The third-order valence-corrected chi connectivity index (χ3v) is 6.02. The van der Waals surface area contributed by atoms with E-state index in [4.69, 9.17) is 0 Å². The van der Waals surface area contributed by atoms with E-state index >= 15 is 0 Å². The van der Waals surface area contributed by atoms with E-state index in [-0.39, 0.29) is 0 Å². The van der Waals surface area contributed by atoms with Crippen LogP contribution in [0.2, 0.25) is 0 Å². The van der Waals surface area contributed by atoms with Gasteiger partial charge in [-0.05, 0) is 49.5 Å². The van der Waals surface area contributed by atoms with Crippen molar-refractivity contribution in [1.29, 1.82) is 0 Å². The maximum atomic E-state index is 4.58. The Bertz CT molecular complexity index is 554. The van der Waals surface area contributed by atoms with Crippen molar-refractivity contribution in [2.24, 2.45) is 17.5 Å². The van der Waals surface area contributed by atoms with Gasteiger partial charge in [0.15, 0.2) is 5.96 Å². The first kappa shape index (κ1) is 18.3. The zero-order valence-electron chi connectivity index (χ0n) is 16.1. The predicted molar refractivity (Wildman–Crippen MR) is 104 cm³/mol. The highest BCUT2D eigenvalue weighted by atomic mass is 15.3. The van der Waals surface area contributed by atoms with Crippen LogP contribution in [-0.2, 0) is 13.5 Å². The Morgan fingerprint density at radius 1 is 1.20 bits per heavy atom. The van der Waals surface area contributed by atoms with Crippen LogP contribution in [0, 0.1) is 5.41 Å². The third-order valence-electron chi connectivity index (χ3n) is 6.02. The number of aromatic nitrogens is 2. The van der Waals surface area contributed by atoms with Crippen LogP contribution in [0.15, 0.2) is 17.4 Å². The molecule has 1 saturated carbocycles. The van der Waals surface area contributed by atoms with Crippen LogP contribution in [0.4, 0.5) is 0 Å². The fraction of sp³-hybridized carbons (Fsp3) is 0.800. The molecule has 5 heteroatoms. The highest BCUT2D eigenvalue weighted by molar-refractivity contribution is 5.80. The first-order valence-electron chi connectivity index (χ1n) is 10.1. The fourth-order valence-corrected chi connectivity index (χ4v) is 4.70. The number of aliphatic imine (C=N–C) groups is 1. The van der Waals surface area contributed by atoms with Crippen molar-refractivity contribution in [3.63, 3.8) is 0 Å². The van der Waals surface area contributed by atoms with Gasteiger partial charge >= 0.3 is 0 Å². The Morgan fingerprint density at radius 2 is 1.96 bits per heavy atom. The largest absolute Gasteiger partial charge is 0.356 e. The smallest absolute Gasteiger partial charge is 0.193 e. The van der Waals surface area contributed by atoms with Crippen molar-refractivity contribution in [3.05, 3.63) is 18.0 Å². The number of guanidine groups is 1. The molecule has 1 spiro atoms. The highest BCUT2D eigenvalue weighted by Gasteiger charge is 2.36. The molecule has 25 heavy (non-hydrogen) atoms. The summed E-state index contributed by atoms with van der Waals surface area (Å²) >= 11 is 0. The van der Waals surface area contributed by atoms with Gasteiger partial charge in [-0.15, -0.1) is 0 Å². The summed E-state index contributed by atoms with van der Waals surface area (Å²) in [7, 11) is 3.90. The van der Waals surface area contributed by atoms with E-state index in [0.717, 1.165) is 31.9 Å². The lowest BCUT2D eigenvalue weighted by molar-refractivity contribution is 0.115. The van der Waals surface area contributed by atoms with Gasteiger partial charge in [-0.25, -0.2) is 0 Å². The molecule has 1 aromatic heterocycles. The van der Waals surface area contributed by atoms with E-state index < -0.39 is 0 Å². The maximum Gasteiger partial charge on any atom is 0.193 e. The van der Waals surface area contributed by atoms with Gasteiger partial charge in [0.1, 0.15) is 0 Å². The van der Waals surface area contributed by atoms with Crippen LogP contribution in [0.3, 0.4) is 0 Å². The lowest BCUT2D eigenvalue weighted by Crippen LogP contribution is -2.50. The quantitative estimate of drug-likeness (QED) is 0.517. The minimum atomic E-state index is 0.558. The van der Waals surface area contributed by atoms with Crippen LogP contribution in [0.5, 0.6) is 0 Å². The van der Waals surface area contributed by atoms with Gasteiger partial charge < -0.3 is 10.2 Å². The molecule has 140 valence electrons. The van der Waals surface area contributed by atoms with Crippen LogP contribution in [-0.4, -0.2) is 47.3 Å². The predicted octanol–water partition coefficient (Wildman–Crippen LogP) is 3.36. The number of nitrogens with one attached hydrogen (secondary N) is 1. The number of piperidine rings is 1. The first-order valence-corrected chi connectivity index (χ1v) is 10.1. The lowest BCUT2D eigenvalue weighted by Gasteiger charge is -2.44. The number of hydrogen-bond acceptors (Lipinski definition) is 2. The van der Waals surface area contributed by atoms with Crippen molar-refractivity contribution in [1.82, 2.24) is 20.0 Å². The van der Waals surface area contributed by atoms with E-state index in [1.54, 1.807) is 0 Å². The Balaban J connectivity index is 1.48. The van der Waals surface area contributed by atoms with Crippen molar-refractivity contribution >= 4 is 5.96 Å². The molecule has 2 aliphatic rings. The summed E-state index contributed by atoms with van der Waals surface area (Å²) in [6, 6.07) is 0. The molecule has 0 aromatic carbocycles. The maximum absolute atomic E-state index is 4.58. The van der Waals surface area contributed by atoms with Gasteiger partial charge in [0, 0.05) is 39.9 Å². The summed E-state index contributed by atoms with van der Waals surface area (Å²) in [6.07, 6.45) is 17.5. The summed E-state index contributed by atoms with van der Waals surface area (Å²) in [5, 5.41) is 7.84. The molecule has 1 aliphatic heterocycles. The minimum absolute atomic E-state index is 0.558. The molecule has 1 saturated heterocycles. The van der Waals surface area contributed by atoms with Crippen molar-refractivity contribution in [2.75, 3.05) is 26.7 Å². The molecule has 3 rings (SSSR count). The molecule has 2 fully saturated rings. The average Bonchev–Trinajstić information content (AvgIpc) is 2.90. The summed E-state index contributed by atoms with van der Waals surface area (Å²) in [4.78, 5) is 7.10. The normalized spacial score (nSPS) is 21.4. The van der Waals surface area contributed by atoms with Gasteiger partial charge in [-0.1, -0.05) is 25.7 Å². The topological polar surface area (TPSA) is 45.5 Å². The molecule has 1 aromatic rings. The number of likely N-dealkylation sites (tertiary alicyclic amines) is 1. The molecule has 0 atom stereocenters. The monoisotopic (exact) mass is 345 g/mol. The van der Waals surface area contributed by atoms with Gasteiger partial charge in [0.2, 0.25) is 0 Å². The average molecular weight is 346 g/mol. The van der Waals surface area contributed by atoms with Crippen molar-refractivity contribution in [2.45, 2.75) is 64.2 Å². The number of aryl methyl sites for hydroxylation is 2. The molecule has 2 heterocycles. The molecule has 5 nitrogen and oxygen atoms in total. The molecule has 0 amide bonds. The summed E-state index contributed by atoms with van der Waals surface area (Å²) in [5.74, 6) is 1.11.